The summed E-state index contributed by atoms with van der Waals surface area (Å²) in [5.74, 6) is -1.01. The molecule has 0 saturated carbocycles. The zero-order valence-corrected chi connectivity index (χ0v) is 14.8. The smallest absolute Gasteiger partial charge is 0.328 e. The van der Waals surface area contributed by atoms with E-state index in [9.17, 15) is 9.18 Å². The van der Waals surface area contributed by atoms with Gasteiger partial charge in [0.2, 0.25) is 0 Å². The average Bonchev–Trinajstić information content (AvgIpc) is 2.54. The predicted octanol–water partition coefficient (Wildman–Crippen LogP) is 5.21. The number of hydrogen-bond acceptors (Lipinski definition) is 3. The van der Waals surface area contributed by atoms with Gasteiger partial charge in [-0.3, -0.25) is 0 Å². The second-order valence-corrected chi connectivity index (χ2v) is 5.74. The molecule has 4 nitrogen and oxygen atoms in total. The molecule has 132 valence electrons. The Labute approximate surface area is 154 Å². The summed E-state index contributed by atoms with van der Waals surface area (Å²) in [6, 6.07) is 7.47. The van der Waals surface area contributed by atoms with Gasteiger partial charge in [0.25, 0.3) is 0 Å². The molecule has 25 heavy (non-hydrogen) atoms. The molecule has 2 aromatic carbocycles. The molecule has 0 spiro atoms. The van der Waals surface area contributed by atoms with Crippen LogP contribution in [0.25, 0.3) is 6.08 Å². The normalized spacial score (nSPS) is 10.9. The summed E-state index contributed by atoms with van der Waals surface area (Å²) in [5, 5.41) is 9.17. The third-order valence-corrected chi connectivity index (χ3v) is 3.81. The minimum absolute atomic E-state index is 0.129. The topological polar surface area (TPSA) is 55.8 Å². The quantitative estimate of drug-likeness (QED) is 0.665. The van der Waals surface area contributed by atoms with Crippen molar-refractivity contribution in [3.8, 4) is 11.5 Å². The number of carbonyl (C=O) groups is 1. The van der Waals surface area contributed by atoms with Gasteiger partial charge in [-0.15, -0.1) is 0 Å². The fraction of sp³-hybridized carbons (Fsp3) is 0.167. The predicted molar refractivity (Wildman–Crippen MR) is 95.0 cm³/mol. The van der Waals surface area contributed by atoms with Crippen molar-refractivity contribution >= 4 is 35.2 Å². The molecule has 0 aliphatic rings. The summed E-state index contributed by atoms with van der Waals surface area (Å²) in [7, 11) is 0. The summed E-state index contributed by atoms with van der Waals surface area (Å²) in [6.07, 6.45) is 2.37. The molecule has 0 aliphatic carbocycles. The molecule has 0 saturated heterocycles. The van der Waals surface area contributed by atoms with E-state index in [1.807, 2.05) is 0 Å². The summed E-state index contributed by atoms with van der Waals surface area (Å²) >= 11 is 12.2. The molecular weight excluding hydrogens is 370 g/mol. The first kappa shape index (κ1) is 19.1. The van der Waals surface area contributed by atoms with Crippen molar-refractivity contribution in [2.45, 2.75) is 13.5 Å². The summed E-state index contributed by atoms with van der Waals surface area (Å²) in [5.41, 5.74) is 0.740. The summed E-state index contributed by atoms with van der Waals surface area (Å²) in [4.78, 5) is 10.6. The minimum atomic E-state index is -1.08. The van der Waals surface area contributed by atoms with Crippen LogP contribution in [0.1, 0.15) is 18.1 Å². The lowest BCUT2D eigenvalue weighted by molar-refractivity contribution is -0.131. The third kappa shape index (κ3) is 5.11. The van der Waals surface area contributed by atoms with Crippen LogP contribution in [0.2, 0.25) is 10.0 Å². The molecule has 0 fully saturated rings. The molecule has 7 heteroatoms. The third-order valence-electron chi connectivity index (χ3n) is 3.17. The van der Waals surface area contributed by atoms with Crippen molar-refractivity contribution in [3.63, 3.8) is 0 Å². The Kier molecular flexibility index (Phi) is 6.67. The van der Waals surface area contributed by atoms with E-state index in [2.05, 4.69) is 0 Å². The van der Waals surface area contributed by atoms with Crippen LogP contribution < -0.4 is 9.47 Å². The molecule has 2 rings (SSSR count). The van der Waals surface area contributed by atoms with Gasteiger partial charge in [0, 0.05) is 11.6 Å². The van der Waals surface area contributed by atoms with E-state index in [0.717, 1.165) is 6.08 Å². The molecule has 0 aromatic heterocycles. The van der Waals surface area contributed by atoms with Gasteiger partial charge in [0.15, 0.2) is 11.5 Å². The Bertz CT molecular complexity index is 786. The highest BCUT2D eigenvalue weighted by atomic mass is 35.5. The zero-order chi connectivity index (χ0) is 18.4. The second-order valence-electron chi connectivity index (χ2n) is 4.92. The number of carboxylic acid groups (broad SMARTS) is 1. The number of halogens is 3. The average molecular weight is 385 g/mol. The molecule has 0 unspecified atom stereocenters. The van der Waals surface area contributed by atoms with Gasteiger partial charge in [0.05, 0.1) is 16.7 Å². The van der Waals surface area contributed by atoms with Crippen molar-refractivity contribution < 1.29 is 23.8 Å². The number of benzene rings is 2. The molecule has 0 bridgehead atoms. The molecule has 0 aliphatic heterocycles. The van der Waals surface area contributed by atoms with Crippen LogP contribution in [0, 0.1) is 5.82 Å². The highest BCUT2D eigenvalue weighted by Crippen LogP contribution is 2.38. The summed E-state index contributed by atoms with van der Waals surface area (Å²) < 4.78 is 25.0. The second kappa shape index (κ2) is 8.74. The Morgan fingerprint density at radius 2 is 2.00 bits per heavy atom. The van der Waals surface area contributed by atoms with Crippen molar-refractivity contribution in [1.82, 2.24) is 0 Å². The SMILES string of the molecule is CCOc1cc(C=CC(=O)O)cc(Cl)c1OCc1c(F)cccc1Cl. The largest absolute Gasteiger partial charge is 0.490 e. The first-order valence-electron chi connectivity index (χ1n) is 7.35. The first-order chi connectivity index (χ1) is 11.9. The molecule has 0 heterocycles. The highest BCUT2D eigenvalue weighted by Gasteiger charge is 2.14. The lowest BCUT2D eigenvalue weighted by Crippen LogP contribution is -2.03. The lowest BCUT2D eigenvalue weighted by Gasteiger charge is -2.15. The van der Waals surface area contributed by atoms with Crippen molar-refractivity contribution in [1.29, 1.82) is 0 Å². The van der Waals surface area contributed by atoms with Crippen molar-refractivity contribution in [2.75, 3.05) is 6.61 Å². The molecular formula is C18H15Cl2FO4. The van der Waals surface area contributed by atoms with Gasteiger partial charge in [-0.05, 0) is 42.8 Å². The van der Waals surface area contributed by atoms with Gasteiger partial charge in [-0.2, -0.15) is 0 Å². The van der Waals surface area contributed by atoms with E-state index in [1.54, 1.807) is 19.1 Å². The van der Waals surface area contributed by atoms with E-state index in [0.29, 0.717) is 17.9 Å². The maximum Gasteiger partial charge on any atom is 0.328 e. The van der Waals surface area contributed by atoms with E-state index < -0.39 is 11.8 Å². The Balaban J connectivity index is 2.31. The van der Waals surface area contributed by atoms with Crippen molar-refractivity contribution in [2.24, 2.45) is 0 Å². The minimum Gasteiger partial charge on any atom is -0.490 e. The van der Waals surface area contributed by atoms with Crippen LogP contribution in [0.15, 0.2) is 36.4 Å². The van der Waals surface area contributed by atoms with Crippen LogP contribution in [0.3, 0.4) is 0 Å². The number of aliphatic carboxylic acids is 1. The number of rotatable bonds is 7. The molecule has 1 N–H and O–H groups in total. The van der Waals surface area contributed by atoms with Crippen LogP contribution in [0.4, 0.5) is 4.39 Å². The number of carboxylic acids is 1. The van der Waals surface area contributed by atoms with E-state index >= 15 is 0 Å². The van der Waals surface area contributed by atoms with Gasteiger partial charge in [0.1, 0.15) is 12.4 Å². The molecule has 2 aromatic rings. The van der Waals surface area contributed by atoms with Gasteiger partial charge in [-0.1, -0.05) is 29.3 Å². The first-order valence-corrected chi connectivity index (χ1v) is 8.11. The van der Waals surface area contributed by atoms with E-state index in [-0.39, 0.29) is 28.0 Å². The standard InChI is InChI=1S/C18H15Cl2FO4/c1-2-24-16-9-11(6-7-17(22)23)8-14(20)18(16)25-10-12-13(19)4-3-5-15(12)21/h3-9H,2,10H2,1H3,(H,22,23). The fourth-order valence-corrected chi connectivity index (χ4v) is 2.56. The van der Waals surface area contributed by atoms with Crippen LogP contribution >= 0.6 is 23.2 Å². The molecule has 0 atom stereocenters. The monoisotopic (exact) mass is 384 g/mol. The van der Waals surface area contributed by atoms with Crippen LogP contribution in [-0.2, 0) is 11.4 Å². The van der Waals surface area contributed by atoms with Gasteiger partial charge < -0.3 is 14.6 Å². The van der Waals surface area contributed by atoms with E-state index in [1.165, 1.54) is 24.3 Å². The fourth-order valence-electron chi connectivity index (χ4n) is 2.07. The lowest BCUT2D eigenvalue weighted by atomic mass is 10.1. The van der Waals surface area contributed by atoms with Crippen LogP contribution in [0.5, 0.6) is 11.5 Å². The zero-order valence-electron chi connectivity index (χ0n) is 13.3. The summed E-state index contributed by atoms with van der Waals surface area (Å²) in [6.45, 7) is 2.00. The van der Waals surface area contributed by atoms with E-state index in [4.69, 9.17) is 37.8 Å². The Morgan fingerprint density at radius 1 is 1.24 bits per heavy atom. The maximum atomic E-state index is 13.8. The number of ether oxygens (including phenoxy) is 2. The van der Waals surface area contributed by atoms with Crippen LogP contribution in [-0.4, -0.2) is 17.7 Å². The Hall–Kier alpha value is -2.24. The van der Waals surface area contributed by atoms with Gasteiger partial charge >= 0.3 is 5.97 Å². The Morgan fingerprint density at radius 3 is 2.64 bits per heavy atom. The maximum absolute atomic E-state index is 13.8. The molecule has 0 amide bonds. The highest BCUT2D eigenvalue weighted by molar-refractivity contribution is 6.32. The van der Waals surface area contributed by atoms with Gasteiger partial charge in [-0.25, -0.2) is 9.18 Å². The number of hydrogen-bond donors (Lipinski definition) is 1. The molecule has 0 radical (unpaired) electrons. The van der Waals surface area contributed by atoms with Crippen molar-refractivity contribution in [3.05, 3.63) is 63.4 Å².